The summed E-state index contributed by atoms with van der Waals surface area (Å²) in [6.45, 7) is 5.77. The molecular formula is C15H21N3O2. The van der Waals surface area contributed by atoms with Crippen molar-refractivity contribution in [1.29, 1.82) is 0 Å². The van der Waals surface area contributed by atoms with Crippen LogP contribution in [0.15, 0.2) is 35.2 Å². The van der Waals surface area contributed by atoms with Crippen molar-refractivity contribution in [2.45, 2.75) is 39.3 Å². The Bertz CT molecular complexity index is 482. The molecule has 0 spiro atoms. The maximum Gasteiger partial charge on any atom is 0.213 e. The van der Waals surface area contributed by atoms with Crippen LogP contribution in [0.1, 0.15) is 31.7 Å². The summed E-state index contributed by atoms with van der Waals surface area (Å²) in [5.41, 5.74) is 1.30. The Morgan fingerprint density at radius 3 is 2.75 bits per heavy atom. The number of hydrogen-bond donors (Lipinski definition) is 1. The van der Waals surface area contributed by atoms with E-state index in [4.69, 9.17) is 4.74 Å². The topological polar surface area (TPSA) is 60.2 Å². The number of nitrogens with one attached hydrogen (secondary N) is 1. The first-order chi connectivity index (χ1) is 9.78. The predicted octanol–water partition coefficient (Wildman–Crippen LogP) is 2.58. The highest BCUT2D eigenvalue weighted by molar-refractivity contribution is 5.27. The summed E-state index contributed by atoms with van der Waals surface area (Å²) >= 11 is 0. The lowest BCUT2D eigenvalue weighted by Crippen LogP contribution is -2.28. The van der Waals surface area contributed by atoms with Gasteiger partial charge in [-0.1, -0.05) is 24.2 Å². The van der Waals surface area contributed by atoms with Gasteiger partial charge in [-0.3, -0.25) is 0 Å². The van der Waals surface area contributed by atoms with E-state index in [1.165, 1.54) is 12.0 Å². The molecule has 5 nitrogen and oxygen atoms in total. The van der Waals surface area contributed by atoms with Gasteiger partial charge in [0.05, 0.1) is 0 Å². The Morgan fingerprint density at radius 1 is 1.30 bits per heavy atom. The molecule has 108 valence electrons. The fourth-order valence-corrected chi connectivity index (χ4v) is 1.94. The molecule has 20 heavy (non-hydrogen) atoms. The molecule has 0 amide bonds. The molecule has 0 bridgehead atoms. The number of rotatable bonds is 8. The second kappa shape index (κ2) is 7.65. The SMILES string of the molecule is CCCNC(C)Cc1ccc(OCc2ncon2)cc1. The van der Waals surface area contributed by atoms with Gasteiger partial charge in [0.15, 0.2) is 6.61 Å². The van der Waals surface area contributed by atoms with Crippen molar-refractivity contribution in [3.8, 4) is 5.75 Å². The molecule has 2 aromatic rings. The van der Waals surface area contributed by atoms with Crippen molar-refractivity contribution in [2.24, 2.45) is 0 Å². The number of hydrogen-bond acceptors (Lipinski definition) is 5. The molecular weight excluding hydrogens is 254 g/mol. The minimum absolute atomic E-state index is 0.324. The number of ether oxygens (including phenoxy) is 1. The van der Waals surface area contributed by atoms with Crippen molar-refractivity contribution in [3.05, 3.63) is 42.0 Å². The van der Waals surface area contributed by atoms with Crippen LogP contribution in [0.5, 0.6) is 5.75 Å². The van der Waals surface area contributed by atoms with Gasteiger partial charge in [-0.2, -0.15) is 4.98 Å². The first-order valence-electron chi connectivity index (χ1n) is 6.98. The zero-order chi connectivity index (χ0) is 14.2. The zero-order valence-electron chi connectivity index (χ0n) is 12.0. The van der Waals surface area contributed by atoms with E-state index in [1.54, 1.807) is 0 Å². The first-order valence-corrected chi connectivity index (χ1v) is 6.98. The van der Waals surface area contributed by atoms with Crippen LogP contribution < -0.4 is 10.1 Å². The van der Waals surface area contributed by atoms with E-state index in [2.05, 4.69) is 46.0 Å². The van der Waals surface area contributed by atoms with Gasteiger partial charge in [-0.15, -0.1) is 0 Å². The third-order valence-electron chi connectivity index (χ3n) is 2.98. The van der Waals surface area contributed by atoms with Gasteiger partial charge >= 0.3 is 0 Å². The standard InChI is InChI=1S/C15H21N3O2/c1-3-8-16-12(2)9-13-4-6-14(7-5-13)19-10-15-17-11-20-18-15/h4-7,11-12,16H,3,8-10H2,1-2H3. The molecule has 1 heterocycles. The summed E-state index contributed by atoms with van der Waals surface area (Å²) in [7, 11) is 0. The molecule has 0 saturated heterocycles. The van der Waals surface area contributed by atoms with E-state index in [9.17, 15) is 0 Å². The van der Waals surface area contributed by atoms with Crippen molar-refractivity contribution in [3.63, 3.8) is 0 Å². The number of nitrogens with zero attached hydrogens (tertiary/aromatic N) is 2. The quantitative estimate of drug-likeness (QED) is 0.802. The Kier molecular flexibility index (Phi) is 5.55. The van der Waals surface area contributed by atoms with Gasteiger partial charge in [-0.05, 0) is 44.0 Å². The molecule has 5 heteroatoms. The maximum absolute atomic E-state index is 5.57. The molecule has 0 radical (unpaired) electrons. The van der Waals surface area contributed by atoms with Gasteiger partial charge in [0.1, 0.15) is 5.75 Å². The average Bonchev–Trinajstić information content (AvgIpc) is 2.98. The molecule has 0 saturated carbocycles. The zero-order valence-corrected chi connectivity index (χ0v) is 12.0. The van der Waals surface area contributed by atoms with Crippen molar-refractivity contribution >= 4 is 0 Å². The van der Waals surface area contributed by atoms with Gasteiger partial charge in [0.2, 0.25) is 12.2 Å². The molecule has 1 unspecified atom stereocenters. The summed E-state index contributed by atoms with van der Waals surface area (Å²) in [5, 5.41) is 7.18. The van der Waals surface area contributed by atoms with E-state index in [0.29, 0.717) is 18.5 Å². The molecule has 1 atom stereocenters. The second-order valence-corrected chi connectivity index (χ2v) is 4.84. The molecule has 0 aliphatic rings. The molecule has 1 aromatic carbocycles. The predicted molar refractivity (Wildman–Crippen MR) is 76.5 cm³/mol. The lowest BCUT2D eigenvalue weighted by Gasteiger charge is -2.13. The van der Waals surface area contributed by atoms with Crippen LogP contribution in [0.25, 0.3) is 0 Å². The van der Waals surface area contributed by atoms with Gasteiger partial charge in [0.25, 0.3) is 0 Å². The van der Waals surface area contributed by atoms with Crippen LogP contribution in [-0.4, -0.2) is 22.7 Å². The third-order valence-corrected chi connectivity index (χ3v) is 2.98. The van der Waals surface area contributed by atoms with Crippen molar-refractivity contribution in [1.82, 2.24) is 15.5 Å². The van der Waals surface area contributed by atoms with Crippen molar-refractivity contribution < 1.29 is 9.26 Å². The lowest BCUT2D eigenvalue weighted by molar-refractivity contribution is 0.286. The second-order valence-electron chi connectivity index (χ2n) is 4.84. The third kappa shape index (κ3) is 4.66. The number of aromatic nitrogens is 2. The Balaban J connectivity index is 1.80. The van der Waals surface area contributed by atoms with Gasteiger partial charge in [-0.25, -0.2) is 0 Å². The van der Waals surface area contributed by atoms with E-state index in [1.807, 2.05) is 12.1 Å². The monoisotopic (exact) mass is 275 g/mol. The highest BCUT2D eigenvalue weighted by atomic mass is 16.5. The lowest BCUT2D eigenvalue weighted by atomic mass is 10.1. The molecule has 1 N–H and O–H groups in total. The summed E-state index contributed by atoms with van der Waals surface area (Å²) < 4.78 is 10.2. The first kappa shape index (κ1) is 14.5. The summed E-state index contributed by atoms with van der Waals surface area (Å²) in [5.74, 6) is 1.36. The Labute approximate surface area is 119 Å². The largest absolute Gasteiger partial charge is 0.485 e. The van der Waals surface area contributed by atoms with E-state index in [0.717, 1.165) is 25.1 Å². The molecule has 0 aliphatic carbocycles. The van der Waals surface area contributed by atoms with Crippen LogP contribution >= 0.6 is 0 Å². The van der Waals surface area contributed by atoms with E-state index in [-0.39, 0.29) is 0 Å². The van der Waals surface area contributed by atoms with E-state index >= 15 is 0 Å². The molecule has 0 fully saturated rings. The molecule has 2 rings (SSSR count). The van der Waals surface area contributed by atoms with Crippen LogP contribution in [0, 0.1) is 0 Å². The normalized spacial score (nSPS) is 12.3. The minimum Gasteiger partial charge on any atom is -0.485 e. The molecule has 1 aromatic heterocycles. The van der Waals surface area contributed by atoms with Crippen LogP contribution in [0.3, 0.4) is 0 Å². The Hall–Kier alpha value is -1.88. The average molecular weight is 275 g/mol. The highest BCUT2D eigenvalue weighted by Crippen LogP contribution is 2.14. The van der Waals surface area contributed by atoms with Crippen LogP contribution in [0.2, 0.25) is 0 Å². The molecule has 0 aliphatic heterocycles. The van der Waals surface area contributed by atoms with Crippen LogP contribution in [-0.2, 0) is 13.0 Å². The van der Waals surface area contributed by atoms with Gasteiger partial charge < -0.3 is 14.6 Å². The fraction of sp³-hybridized carbons (Fsp3) is 0.467. The Morgan fingerprint density at radius 2 is 2.10 bits per heavy atom. The van der Waals surface area contributed by atoms with E-state index < -0.39 is 0 Å². The smallest absolute Gasteiger partial charge is 0.213 e. The summed E-state index contributed by atoms with van der Waals surface area (Å²) in [6.07, 6.45) is 3.48. The van der Waals surface area contributed by atoms with Gasteiger partial charge in [0, 0.05) is 6.04 Å². The summed E-state index contributed by atoms with van der Waals surface area (Å²) in [4.78, 5) is 3.91. The minimum atomic E-state index is 0.324. The number of benzene rings is 1. The van der Waals surface area contributed by atoms with Crippen LogP contribution in [0.4, 0.5) is 0 Å². The fourth-order valence-electron chi connectivity index (χ4n) is 1.94. The maximum atomic E-state index is 5.57. The highest BCUT2D eigenvalue weighted by Gasteiger charge is 2.04. The summed E-state index contributed by atoms with van der Waals surface area (Å²) in [6, 6.07) is 8.62. The van der Waals surface area contributed by atoms with Crippen molar-refractivity contribution in [2.75, 3.05) is 6.54 Å².